The largest absolute Gasteiger partial charge is 0.486 e. The highest BCUT2D eigenvalue weighted by Gasteiger charge is 2.22. The Kier molecular flexibility index (Phi) is 2.77. The van der Waals surface area contributed by atoms with Crippen molar-refractivity contribution in [1.82, 2.24) is 14.3 Å². The summed E-state index contributed by atoms with van der Waals surface area (Å²) in [4.78, 5) is 11.9. The zero-order valence-corrected chi connectivity index (χ0v) is 10.9. The van der Waals surface area contributed by atoms with Gasteiger partial charge < -0.3 is 9.47 Å². The Morgan fingerprint density at radius 2 is 2.11 bits per heavy atom. The average Bonchev–Trinajstić information content (AvgIpc) is 2.66. The van der Waals surface area contributed by atoms with Crippen LogP contribution in [0.2, 0.25) is 0 Å². The summed E-state index contributed by atoms with van der Waals surface area (Å²) in [5.41, 5.74) is -0.139. The molecule has 100 valence electrons. The van der Waals surface area contributed by atoms with Crippen LogP contribution in [0.1, 0.15) is 5.82 Å². The molecule has 2 aromatic rings. The molecular formula is C13H15N3O3. The molecule has 0 radical (unpaired) electrons. The van der Waals surface area contributed by atoms with Crippen molar-refractivity contribution in [3.05, 3.63) is 40.6 Å². The van der Waals surface area contributed by atoms with Crippen molar-refractivity contribution in [1.29, 1.82) is 0 Å². The fourth-order valence-corrected chi connectivity index (χ4v) is 2.06. The number of hydrogen-bond donors (Lipinski definition) is 0. The molecule has 0 bridgehead atoms. The maximum absolute atomic E-state index is 11.9. The van der Waals surface area contributed by atoms with Crippen molar-refractivity contribution in [3.63, 3.8) is 0 Å². The van der Waals surface area contributed by atoms with E-state index >= 15 is 0 Å². The van der Waals surface area contributed by atoms with Crippen LogP contribution < -0.4 is 15.2 Å². The number of nitrogens with zero attached hydrogens (tertiary/aromatic N) is 3. The molecule has 19 heavy (non-hydrogen) atoms. The van der Waals surface area contributed by atoms with Gasteiger partial charge in [-0.2, -0.15) is 5.10 Å². The summed E-state index contributed by atoms with van der Waals surface area (Å²) < 4.78 is 14.3. The smallest absolute Gasteiger partial charge is 0.345 e. The predicted octanol–water partition coefficient (Wildman–Crippen LogP) is 0.730. The molecule has 6 heteroatoms. The van der Waals surface area contributed by atoms with E-state index in [0.29, 0.717) is 24.7 Å². The lowest BCUT2D eigenvalue weighted by atomic mass is 10.2. The van der Waals surface area contributed by atoms with Crippen molar-refractivity contribution >= 4 is 0 Å². The van der Waals surface area contributed by atoms with Crippen LogP contribution in [0.3, 0.4) is 0 Å². The number of ether oxygens (including phenoxy) is 2. The minimum absolute atomic E-state index is 0.139. The highest BCUT2D eigenvalue weighted by Crippen LogP contribution is 2.30. The molecule has 2 heterocycles. The van der Waals surface area contributed by atoms with Gasteiger partial charge in [-0.05, 0) is 19.1 Å². The van der Waals surface area contributed by atoms with E-state index < -0.39 is 0 Å². The van der Waals surface area contributed by atoms with Gasteiger partial charge in [0.05, 0.1) is 6.54 Å². The number of rotatable bonds is 2. The van der Waals surface area contributed by atoms with E-state index in [2.05, 4.69) is 5.10 Å². The first kappa shape index (κ1) is 11.8. The van der Waals surface area contributed by atoms with Crippen LogP contribution in [0.25, 0.3) is 0 Å². The molecule has 1 aromatic carbocycles. The summed E-state index contributed by atoms with van der Waals surface area (Å²) in [7, 11) is 1.70. The first-order valence-electron chi connectivity index (χ1n) is 6.14. The Hall–Kier alpha value is -2.24. The topological polar surface area (TPSA) is 58.3 Å². The molecule has 1 atom stereocenters. The van der Waals surface area contributed by atoms with E-state index in [1.165, 1.54) is 9.25 Å². The van der Waals surface area contributed by atoms with Gasteiger partial charge in [0.1, 0.15) is 12.4 Å². The number of aromatic nitrogens is 3. The molecule has 1 aliphatic heterocycles. The van der Waals surface area contributed by atoms with Crippen molar-refractivity contribution < 1.29 is 9.47 Å². The maximum atomic E-state index is 11.9. The van der Waals surface area contributed by atoms with Crippen LogP contribution in [0.15, 0.2) is 29.1 Å². The Morgan fingerprint density at radius 1 is 1.37 bits per heavy atom. The Balaban J connectivity index is 1.79. The van der Waals surface area contributed by atoms with Gasteiger partial charge in [0.25, 0.3) is 0 Å². The average molecular weight is 261 g/mol. The zero-order valence-electron chi connectivity index (χ0n) is 10.9. The molecule has 1 aliphatic rings. The summed E-state index contributed by atoms with van der Waals surface area (Å²) in [5.74, 6) is 2.13. The van der Waals surface area contributed by atoms with Crippen molar-refractivity contribution in [2.24, 2.45) is 7.05 Å². The molecule has 0 fully saturated rings. The van der Waals surface area contributed by atoms with E-state index in [9.17, 15) is 4.79 Å². The van der Waals surface area contributed by atoms with E-state index in [0.717, 1.165) is 5.75 Å². The third-order valence-electron chi connectivity index (χ3n) is 3.20. The number of para-hydroxylation sites is 2. The van der Waals surface area contributed by atoms with Gasteiger partial charge >= 0.3 is 5.69 Å². The molecule has 6 nitrogen and oxygen atoms in total. The molecule has 0 saturated carbocycles. The van der Waals surface area contributed by atoms with Gasteiger partial charge in [0, 0.05) is 7.05 Å². The minimum Gasteiger partial charge on any atom is -0.486 e. The van der Waals surface area contributed by atoms with E-state index in [4.69, 9.17) is 9.47 Å². The lowest BCUT2D eigenvalue weighted by molar-refractivity contribution is 0.0749. The van der Waals surface area contributed by atoms with E-state index in [-0.39, 0.29) is 11.8 Å². The first-order valence-corrected chi connectivity index (χ1v) is 6.14. The highest BCUT2D eigenvalue weighted by molar-refractivity contribution is 5.40. The summed E-state index contributed by atoms with van der Waals surface area (Å²) in [5, 5.41) is 4.19. The number of benzene rings is 1. The van der Waals surface area contributed by atoms with Crippen LogP contribution in [-0.2, 0) is 13.6 Å². The van der Waals surface area contributed by atoms with E-state index in [1.54, 1.807) is 14.0 Å². The fraction of sp³-hybridized carbons (Fsp3) is 0.385. The van der Waals surface area contributed by atoms with Gasteiger partial charge in [0.15, 0.2) is 17.6 Å². The molecular weight excluding hydrogens is 246 g/mol. The quantitative estimate of drug-likeness (QED) is 0.799. The Bertz CT molecular complexity index is 659. The van der Waals surface area contributed by atoms with Crippen LogP contribution in [0, 0.1) is 6.92 Å². The molecule has 0 spiro atoms. The molecule has 1 aromatic heterocycles. The van der Waals surface area contributed by atoms with Crippen molar-refractivity contribution in [3.8, 4) is 11.5 Å². The van der Waals surface area contributed by atoms with Crippen LogP contribution in [-0.4, -0.2) is 27.1 Å². The summed E-state index contributed by atoms with van der Waals surface area (Å²) in [6.45, 7) is 2.60. The Labute approximate surface area is 110 Å². The zero-order chi connectivity index (χ0) is 13.4. The monoisotopic (exact) mass is 261 g/mol. The summed E-state index contributed by atoms with van der Waals surface area (Å²) >= 11 is 0. The lowest BCUT2D eigenvalue weighted by Crippen LogP contribution is -2.37. The normalized spacial score (nSPS) is 17.5. The van der Waals surface area contributed by atoms with Crippen molar-refractivity contribution in [2.75, 3.05) is 6.61 Å². The van der Waals surface area contributed by atoms with Crippen LogP contribution >= 0.6 is 0 Å². The Morgan fingerprint density at radius 3 is 2.79 bits per heavy atom. The molecule has 0 saturated heterocycles. The standard InChI is InChI=1S/C13H15N3O3/c1-9-14-16(13(17)15(9)2)7-10-8-18-11-5-3-4-6-12(11)19-10/h3-6,10H,7-8H2,1-2H3/t10-/m0/s1. The summed E-state index contributed by atoms with van der Waals surface area (Å²) in [6.07, 6.45) is -0.207. The second kappa shape index (κ2) is 4.46. The lowest BCUT2D eigenvalue weighted by Gasteiger charge is -2.25. The number of hydrogen-bond acceptors (Lipinski definition) is 4. The van der Waals surface area contributed by atoms with Gasteiger partial charge in [-0.25, -0.2) is 9.48 Å². The highest BCUT2D eigenvalue weighted by atomic mass is 16.6. The number of fused-ring (bicyclic) bond motifs is 1. The summed E-state index contributed by atoms with van der Waals surface area (Å²) in [6, 6.07) is 7.51. The number of aryl methyl sites for hydroxylation is 1. The first-order chi connectivity index (χ1) is 9.15. The van der Waals surface area contributed by atoms with Crippen LogP contribution in [0.5, 0.6) is 11.5 Å². The van der Waals surface area contributed by atoms with E-state index in [1.807, 2.05) is 24.3 Å². The van der Waals surface area contributed by atoms with Gasteiger partial charge in [-0.1, -0.05) is 12.1 Å². The SMILES string of the molecule is Cc1nn(C[C@H]2COc3ccccc3O2)c(=O)n1C. The van der Waals surface area contributed by atoms with Crippen LogP contribution in [0.4, 0.5) is 0 Å². The minimum atomic E-state index is -0.207. The molecule has 0 amide bonds. The van der Waals surface area contributed by atoms with Crippen molar-refractivity contribution in [2.45, 2.75) is 19.6 Å². The molecule has 3 rings (SSSR count). The third-order valence-corrected chi connectivity index (χ3v) is 3.20. The molecule has 0 N–H and O–H groups in total. The third kappa shape index (κ3) is 2.09. The second-order valence-electron chi connectivity index (χ2n) is 4.57. The predicted molar refractivity (Wildman–Crippen MR) is 68.6 cm³/mol. The molecule has 0 aliphatic carbocycles. The molecule has 0 unspecified atom stereocenters. The second-order valence-corrected chi connectivity index (χ2v) is 4.57. The van der Waals surface area contributed by atoms with Gasteiger partial charge in [-0.3, -0.25) is 4.57 Å². The maximum Gasteiger partial charge on any atom is 0.345 e. The van der Waals surface area contributed by atoms with Gasteiger partial charge in [0.2, 0.25) is 0 Å². The fourth-order valence-electron chi connectivity index (χ4n) is 2.06. The van der Waals surface area contributed by atoms with Gasteiger partial charge in [-0.15, -0.1) is 0 Å².